The molecule has 0 N–H and O–H groups in total. The Morgan fingerprint density at radius 2 is 2.00 bits per heavy atom. The molecule has 1 aliphatic heterocycles. The lowest BCUT2D eigenvalue weighted by atomic mass is 10.3. The van der Waals surface area contributed by atoms with Crippen LogP contribution in [0.25, 0.3) is 5.82 Å². The van der Waals surface area contributed by atoms with Gasteiger partial charge >= 0.3 is 6.18 Å². The van der Waals surface area contributed by atoms with Crippen LogP contribution in [0.2, 0.25) is 10.2 Å². The van der Waals surface area contributed by atoms with Crippen LogP contribution >= 0.6 is 35.0 Å². The first-order chi connectivity index (χ1) is 9.38. The van der Waals surface area contributed by atoms with E-state index in [-0.39, 0.29) is 10.8 Å². The lowest BCUT2D eigenvalue weighted by molar-refractivity contribution is -0.137. The Morgan fingerprint density at radius 3 is 2.60 bits per heavy atom. The SMILES string of the molecule is FC(F)(F)c1cnc(-n2nc3c(c2Cl)CSC3)c(Cl)c1. The fraction of sp³-hybridized carbons (Fsp3) is 0.273. The van der Waals surface area contributed by atoms with E-state index in [2.05, 4.69) is 10.1 Å². The van der Waals surface area contributed by atoms with Crippen molar-refractivity contribution in [2.45, 2.75) is 17.7 Å². The third-order valence-electron chi connectivity index (χ3n) is 2.84. The minimum atomic E-state index is -4.48. The van der Waals surface area contributed by atoms with Crippen molar-refractivity contribution in [1.29, 1.82) is 0 Å². The monoisotopic (exact) mass is 339 g/mol. The molecular formula is C11H6Cl2F3N3S. The quantitative estimate of drug-likeness (QED) is 0.774. The largest absolute Gasteiger partial charge is 0.417 e. The molecule has 0 spiro atoms. The number of thioether (sulfide) groups is 1. The van der Waals surface area contributed by atoms with Crippen LogP contribution in [-0.4, -0.2) is 14.8 Å². The Bertz CT molecular complexity index is 684. The zero-order chi connectivity index (χ0) is 14.5. The van der Waals surface area contributed by atoms with E-state index in [4.69, 9.17) is 23.2 Å². The van der Waals surface area contributed by atoms with Crippen molar-refractivity contribution in [3.63, 3.8) is 0 Å². The molecule has 2 aromatic rings. The Balaban J connectivity index is 2.08. The molecular weight excluding hydrogens is 334 g/mol. The average Bonchev–Trinajstić information content (AvgIpc) is 2.92. The van der Waals surface area contributed by atoms with Gasteiger partial charge in [-0.1, -0.05) is 23.2 Å². The van der Waals surface area contributed by atoms with Gasteiger partial charge in [0, 0.05) is 23.3 Å². The Morgan fingerprint density at radius 1 is 1.25 bits per heavy atom. The summed E-state index contributed by atoms with van der Waals surface area (Å²) in [6, 6.07) is 0.821. The number of hydrogen-bond donors (Lipinski definition) is 0. The minimum absolute atomic E-state index is 0.101. The number of aromatic nitrogens is 3. The van der Waals surface area contributed by atoms with Crippen LogP contribution in [0.3, 0.4) is 0 Å². The maximum atomic E-state index is 12.6. The molecule has 9 heteroatoms. The van der Waals surface area contributed by atoms with Crippen molar-refractivity contribution >= 4 is 35.0 Å². The summed E-state index contributed by atoms with van der Waals surface area (Å²) in [7, 11) is 0. The summed E-state index contributed by atoms with van der Waals surface area (Å²) in [5, 5.41) is 4.45. The summed E-state index contributed by atoms with van der Waals surface area (Å²) in [5.74, 6) is 1.55. The van der Waals surface area contributed by atoms with Gasteiger partial charge in [0.05, 0.1) is 16.3 Å². The van der Waals surface area contributed by atoms with Gasteiger partial charge in [-0.25, -0.2) is 9.67 Å². The summed E-state index contributed by atoms with van der Waals surface area (Å²) < 4.78 is 39.0. The second-order valence-electron chi connectivity index (χ2n) is 4.15. The Hall–Kier alpha value is -0.920. The van der Waals surface area contributed by atoms with Gasteiger partial charge in [0.2, 0.25) is 0 Å². The molecule has 3 nitrogen and oxygen atoms in total. The number of halogens is 5. The summed E-state index contributed by atoms with van der Waals surface area (Å²) in [5.41, 5.74) is 0.796. The molecule has 0 aliphatic carbocycles. The lowest BCUT2D eigenvalue weighted by Gasteiger charge is -2.09. The van der Waals surface area contributed by atoms with Gasteiger partial charge < -0.3 is 0 Å². The number of rotatable bonds is 1. The summed E-state index contributed by atoms with van der Waals surface area (Å²) in [6.45, 7) is 0. The van der Waals surface area contributed by atoms with Crippen LogP contribution in [0.5, 0.6) is 0 Å². The van der Waals surface area contributed by atoms with Crippen molar-refractivity contribution in [3.8, 4) is 5.82 Å². The van der Waals surface area contributed by atoms with Crippen LogP contribution in [0, 0.1) is 0 Å². The van der Waals surface area contributed by atoms with E-state index in [0.29, 0.717) is 5.15 Å². The minimum Gasteiger partial charge on any atom is -0.235 e. The van der Waals surface area contributed by atoms with Crippen molar-refractivity contribution in [3.05, 3.63) is 39.3 Å². The van der Waals surface area contributed by atoms with Gasteiger partial charge in [0.15, 0.2) is 5.82 Å². The first kappa shape index (κ1) is 14.0. The number of fused-ring (bicyclic) bond motifs is 1. The molecule has 0 fully saturated rings. The molecule has 3 rings (SSSR count). The molecule has 0 saturated heterocycles. The normalized spacial score (nSPS) is 14.7. The number of nitrogens with zero attached hydrogens (tertiary/aromatic N) is 3. The second kappa shape index (κ2) is 4.82. The molecule has 106 valence electrons. The van der Waals surface area contributed by atoms with Crippen LogP contribution in [0.4, 0.5) is 13.2 Å². The number of pyridine rings is 1. The van der Waals surface area contributed by atoms with Crippen molar-refractivity contribution < 1.29 is 13.2 Å². The first-order valence-corrected chi connectivity index (χ1v) is 7.36. The molecule has 20 heavy (non-hydrogen) atoms. The van der Waals surface area contributed by atoms with Crippen LogP contribution in [-0.2, 0) is 17.7 Å². The van der Waals surface area contributed by atoms with Crippen LogP contribution < -0.4 is 0 Å². The summed E-state index contributed by atoms with van der Waals surface area (Å²) >= 11 is 13.7. The zero-order valence-corrected chi connectivity index (χ0v) is 12.0. The topological polar surface area (TPSA) is 30.7 Å². The highest BCUT2D eigenvalue weighted by Crippen LogP contribution is 2.37. The number of hydrogen-bond acceptors (Lipinski definition) is 3. The van der Waals surface area contributed by atoms with Gasteiger partial charge in [-0.05, 0) is 6.07 Å². The zero-order valence-electron chi connectivity index (χ0n) is 9.71. The third-order valence-corrected chi connectivity index (χ3v) is 4.48. The molecule has 0 unspecified atom stereocenters. The predicted octanol–water partition coefficient (Wildman–Crippen LogP) is 4.34. The highest BCUT2D eigenvalue weighted by atomic mass is 35.5. The van der Waals surface area contributed by atoms with Crippen LogP contribution in [0.1, 0.15) is 16.8 Å². The molecule has 0 saturated carbocycles. The Kier molecular flexibility index (Phi) is 3.38. The third kappa shape index (κ3) is 2.27. The average molecular weight is 340 g/mol. The molecule has 0 aromatic carbocycles. The van der Waals surface area contributed by atoms with E-state index in [1.54, 1.807) is 11.8 Å². The predicted molar refractivity (Wildman–Crippen MR) is 71.4 cm³/mol. The smallest absolute Gasteiger partial charge is 0.235 e. The van der Waals surface area contributed by atoms with E-state index in [9.17, 15) is 13.2 Å². The molecule has 2 aromatic heterocycles. The number of alkyl halides is 3. The maximum absolute atomic E-state index is 12.6. The molecule has 0 radical (unpaired) electrons. The van der Waals surface area contributed by atoms with E-state index >= 15 is 0 Å². The molecule has 1 aliphatic rings. The standard InChI is InChI=1S/C11H6Cl2F3N3S/c12-7-1-5(11(14,15)16)2-17-10(7)19-9(13)6-3-20-4-8(6)18-19/h1-2H,3-4H2. The summed E-state index contributed by atoms with van der Waals surface area (Å²) in [6.07, 6.45) is -3.76. The van der Waals surface area contributed by atoms with Gasteiger partial charge in [0.1, 0.15) is 5.15 Å². The summed E-state index contributed by atoms with van der Waals surface area (Å²) in [4.78, 5) is 3.75. The molecule has 0 amide bonds. The fourth-order valence-electron chi connectivity index (χ4n) is 1.86. The van der Waals surface area contributed by atoms with Crippen molar-refractivity contribution in [2.75, 3.05) is 0 Å². The van der Waals surface area contributed by atoms with Gasteiger partial charge in [-0.15, -0.1) is 0 Å². The van der Waals surface area contributed by atoms with Crippen LogP contribution in [0.15, 0.2) is 12.3 Å². The first-order valence-electron chi connectivity index (χ1n) is 5.45. The van der Waals surface area contributed by atoms with Gasteiger partial charge in [0.25, 0.3) is 0 Å². The highest BCUT2D eigenvalue weighted by molar-refractivity contribution is 7.98. The molecule has 0 atom stereocenters. The second-order valence-corrected chi connectivity index (χ2v) is 5.90. The van der Waals surface area contributed by atoms with E-state index in [0.717, 1.165) is 35.0 Å². The molecule has 0 bridgehead atoms. The molecule has 3 heterocycles. The van der Waals surface area contributed by atoms with Gasteiger partial charge in [-0.3, -0.25) is 0 Å². The van der Waals surface area contributed by atoms with Gasteiger partial charge in [-0.2, -0.15) is 30.0 Å². The van der Waals surface area contributed by atoms with E-state index < -0.39 is 11.7 Å². The Labute approximate surface area is 126 Å². The van der Waals surface area contributed by atoms with Crippen molar-refractivity contribution in [2.24, 2.45) is 0 Å². The maximum Gasteiger partial charge on any atom is 0.417 e. The fourth-order valence-corrected chi connectivity index (χ4v) is 3.52. The van der Waals surface area contributed by atoms with Crippen molar-refractivity contribution in [1.82, 2.24) is 14.8 Å². The highest BCUT2D eigenvalue weighted by Gasteiger charge is 2.32. The van der Waals surface area contributed by atoms with E-state index in [1.165, 1.54) is 4.68 Å². The van der Waals surface area contributed by atoms with E-state index in [1.807, 2.05) is 0 Å². The lowest BCUT2D eigenvalue weighted by Crippen LogP contribution is -2.08.